The Kier molecular flexibility index (Phi) is 7.82. The summed E-state index contributed by atoms with van der Waals surface area (Å²) in [5, 5.41) is 8.66. The molecule has 182 valence electrons. The van der Waals surface area contributed by atoms with E-state index in [-0.39, 0.29) is 46.0 Å². The highest BCUT2D eigenvalue weighted by atomic mass is 35.5. The van der Waals surface area contributed by atoms with Gasteiger partial charge in [0, 0.05) is 19.0 Å². The first kappa shape index (κ1) is 24.2. The molecule has 0 unspecified atom stereocenters. The number of benzene rings is 1. The van der Waals surface area contributed by atoms with Crippen molar-refractivity contribution >= 4 is 35.0 Å². The number of nitrogens with one attached hydrogen (secondary N) is 4. The maximum absolute atomic E-state index is 13.2. The molecule has 1 heterocycles. The molecule has 0 atom stereocenters. The average molecular weight is 490 g/mol. The highest BCUT2D eigenvalue weighted by Gasteiger charge is 2.28. The number of hydrogen-bond acceptors (Lipinski definition) is 4. The van der Waals surface area contributed by atoms with E-state index in [2.05, 4.69) is 25.9 Å². The molecule has 2 aliphatic rings. The molecule has 0 radical (unpaired) electrons. The number of aromatic amines is 1. The van der Waals surface area contributed by atoms with Gasteiger partial charge in [-0.05, 0) is 62.1 Å². The van der Waals surface area contributed by atoms with Crippen LogP contribution in [0.5, 0.6) is 0 Å². The molecule has 0 aliphatic heterocycles. The number of carbonyl (C=O) groups is 3. The van der Waals surface area contributed by atoms with Crippen molar-refractivity contribution in [3.05, 3.63) is 46.8 Å². The zero-order chi connectivity index (χ0) is 24.1. The molecule has 1 aromatic heterocycles. The highest BCUT2D eigenvalue weighted by Crippen LogP contribution is 2.32. The number of aromatic nitrogens is 2. The summed E-state index contributed by atoms with van der Waals surface area (Å²) in [5.74, 6) is -0.514. The number of imidazole rings is 1. The van der Waals surface area contributed by atoms with E-state index < -0.39 is 5.82 Å². The number of carbonyl (C=O) groups excluding carboxylic acids is 3. The summed E-state index contributed by atoms with van der Waals surface area (Å²) < 4.78 is 13.2. The van der Waals surface area contributed by atoms with E-state index in [0.717, 1.165) is 19.3 Å². The van der Waals surface area contributed by atoms with Crippen molar-refractivity contribution in [2.75, 3.05) is 18.4 Å². The fraction of sp³-hybridized carbons (Fsp3) is 0.500. The summed E-state index contributed by atoms with van der Waals surface area (Å²) >= 11 is 5.99. The first-order valence-corrected chi connectivity index (χ1v) is 12.1. The molecule has 34 heavy (non-hydrogen) atoms. The summed E-state index contributed by atoms with van der Waals surface area (Å²) in [7, 11) is 0. The van der Waals surface area contributed by atoms with E-state index in [0.29, 0.717) is 37.5 Å². The summed E-state index contributed by atoms with van der Waals surface area (Å²) in [6, 6.07) is 3.87. The molecule has 8 nitrogen and oxygen atoms in total. The first-order valence-electron chi connectivity index (χ1n) is 11.8. The Hall–Kier alpha value is -2.94. The van der Waals surface area contributed by atoms with Gasteiger partial charge >= 0.3 is 0 Å². The third kappa shape index (κ3) is 6.34. The van der Waals surface area contributed by atoms with Crippen LogP contribution >= 0.6 is 11.6 Å². The molecule has 1 aromatic carbocycles. The zero-order valence-corrected chi connectivity index (χ0v) is 19.6. The predicted octanol–water partition coefficient (Wildman–Crippen LogP) is 3.91. The van der Waals surface area contributed by atoms with Crippen molar-refractivity contribution in [1.82, 2.24) is 20.6 Å². The van der Waals surface area contributed by atoms with Gasteiger partial charge in [-0.2, -0.15) is 0 Å². The van der Waals surface area contributed by atoms with Crippen molar-refractivity contribution < 1.29 is 18.8 Å². The third-order valence-corrected chi connectivity index (χ3v) is 6.89. The van der Waals surface area contributed by atoms with Gasteiger partial charge in [-0.15, -0.1) is 0 Å². The van der Waals surface area contributed by atoms with Gasteiger partial charge < -0.3 is 20.9 Å². The van der Waals surface area contributed by atoms with Crippen LogP contribution in [0, 0.1) is 23.6 Å². The molecule has 10 heteroatoms. The van der Waals surface area contributed by atoms with E-state index in [1.807, 2.05) is 0 Å². The van der Waals surface area contributed by atoms with Crippen LogP contribution < -0.4 is 16.0 Å². The second-order valence-electron chi connectivity index (χ2n) is 9.16. The molecule has 3 amide bonds. The maximum Gasteiger partial charge on any atom is 0.272 e. The molecule has 0 bridgehead atoms. The molecule has 2 fully saturated rings. The van der Waals surface area contributed by atoms with E-state index in [9.17, 15) is 18.8 Å². The predicted molar refractivity (Wildman–Crippen MR) is 126 cm³/mol. The lowest BCUT2D eigenvalue weighted by Gasteiger charge is -2.28. The summed E-state index contributed by atoms with van der Waals surface area (Å²) in [6.45, 7) is 1.04. The van der Waals surface area contributed by atoms with Crippen molar-refractivity contribution in [1.29, 1.82) is 0 Å². The first-order chi connectivity index (χ1) is 16.4. The lowest BCUT2D eigenvalue weighted by atomic mass is 9.81. The lowest BCUT2D eigenvalue weighted by molar-refractivity contribution is -0.121. The SMILES string of the molecule is O=C(NCCC1CC1)c1nc[nH]c1C(=O)NCC1CCC(C(=O)Nc2ccc(F)cc2Cl)CC1. The molecule has 2 aromatic rings. The molecule has 4 N–H and O–H groups in total. The standard InChI is InChI=1S/C24H29ClFN5O3/c25-18-11-17(26)7-8-19(18)31-22(32)16-5-3-15(4-6-16)12-28-24(34)21-20(29-13-30-21)23(33)27-10-9-14-1-2-14/h7-8,11,13-16H,1-6,9-10,12H2,(H,27,33)(H,28,34)(H,29,30)(H,31,32). The Morgan fingerprint density at radius 2 is 1.76 bits per heavy atom. The summed E-state index contributed by atoms with van der Waals surface area (Å²) in [4.78, 5) is 44.4. The Bertz CT molecular complexity index is 1050. The van der Waals surface area contributed by atoms with Gasteiger partial charge in [0.2, 0.25) is 5.91 Å². The summed E-state index contributed by atoms with van der Waals surface area (Å²) in [5.41, 5.74) is 0.663. The molecular formula is C24H29ClFN5O3. The number of amides is 3. The van der Waals surface area contributed by atoms with Gasteiger partial charge in [0.15, 0.2) is 5.69 Å². The van der Waals surface area contributed by atoms with Crippen LogP contribution in [-0.4, -0.2) is 40.8 Å². The Balaban J connectivity index is 1.20. The maximum atomic E-state index is 13.2. The Morgan fingerprint density at radius 3 is 2.47 bits per heavy atom. The van der Waals surface area contributed by atoms with Crippen LogP contribution in [-0.2, 0) is 4.79 Å². The number of anilines is 1. The Morgan fingerprint density at radius 1 is 1.03 bits per heavy atom. The van der Waals surface area contributed by atoms with Crippen LogP contribution in [0.3, 0.4) is 0 Å². The lowest BCUT2D eigenvalue weighted by Crippen LogP contribution is -2.35. The number of H-pyrrole nitrogens is 1. The van der Waals surface area contributed by atoms with E-state index >= 15 is 0 Å². The average Bonchev–Trinajstić information content (AvgIpc) is 3.51. The minimum atomic E-state index is -0.456. The number of rotatable bonds is 9. The van der Waals surface area contributed by atoms with Gasteiger partial charge in [-0.3, -0.25) is 14.4 Å². The molecule has 0 saturated heterocycles. The van der Waals surface area contributed by atoms with Gasteiger partial charge in [0.25, 0.3) is 11.8 Å². The highest BCUT2D eigenvalue weighted by molar-refractivity contribution is 6.33. The monoisotopic (exact) mass is 489 g/mol. The number of hydrogen-bond donors (Lipinski definition) is 4. The van der Waals surface area contributed by atoms with Crippen molar-refractivity contribution in [3.8, 4) is 0 Å². The fourth-order valence-electron chi connectivity index (χ4n) is 4.30. The molecule has 2 saturated carbocycles. The van der Waals surface area contributed by atoms with Crippen molar-refractivity contribution in [2.45, 2.75) is 44.9 Å². The van der Waals surface area contributed by atoms with Crippen molar-refractivity contribution in [3.63, 3.8) is 0 Å². The normalized spacial score (nSPS) is 19.9. The quantitative estimate of drug-likeness (QED) is 0.427. The van der Waals surface area contributed by atoms with Crippen molar-refractivity contribution in [2.24, 2.45) is 17.8 Å². The van der Waals surface area contributed by atoms with E-state index in [1.54, 1.807) is 0 Å². The third-order valence-electron chi connectivity index (χ3n) is 6.57. The second kappa shape index (κ2) is 11.0. The van der Waals surface area contributed by atoms with E-state index in [4.69, 9.17) is 11.6 Å². The van der Waals surface area contributed by atoms with E-state index in [1.165, 1.54) is 37.4 Å². The molecule has 0 spiro atoms. The molecular weight excluding hydrogens is 461 g/mol. The van der Waals surface area contributed by atoms with Crippen LogP contribution in [0.1, 0.15) is 65.9 Å². The van der Waals surface area contributed by atoms with Gasteiger partial charge in [0.05, 0.1) is 17.0 Å². The summed E-state index contributed by atoms with van der Waals surface area (Å²) in [6.07, 6.45) is 7.69. The smallest absolute Gasteiger partial charge is 0.272 e. The fourth-order valence-corrected chi connectivity index (χ4v) is 4.51. The van der Waals surface area contributed by atoms with Gasteiger partial charge in [-0.1, -0.05) is 24.4 Å². The van der Waals surface area contributed by atoms with Crippen LogP contribution in [0.25, 0.3) is 0 Å². The number of nitrogens with zero attached hydrogens (tertiary/aromatic N) is 1. The van der Waals surface area contributed by atoms with Crippen LogP contribution in [0.2, 0.25) is 5.02 Å². The zero-order valence-electron chi connectivity index (χ0n) is 18.8. The minimum Gasteiger partial charge on any atom is -0.351 e. The topological polar surface area (TPSA) is 116 Å². The minimum absolute atomic E-state index is 0.105. The second-order valence-corrected chi connectivity index (χ2v) is 9.56. The van der Waals surface area contributed by atoms with Crippen LogP contribution in [0.4, 0.5) is 10.1 Å². The van der Waals surface area contributed by atoms with Gasteiger partial charge in [0.1, 0.15) is 11.5 Å². The van der Waals surface area contributed by atoms with Gasteiger partial charge in [-0.25, -0.2) is 9.37 Å². The molecule has 2 aliphatic carbocycles. The molecule has 4 rings (SSSR count). The number of halogens is 2. The largest absolute Gasteiger partial charge is 0.351 e. The Labute approximate surface area is 202 Å². The van der Waals surface area contributed by atoms with Crippen LogP contribution in [0.15, 0.2) is 24.5 Å².